The Morgan fingerprint density at radius 3 is 2.79 bits per heavy atom. The summed E-state index contributed by atoms with van der Waals surface area (Å²) in [5.41, 5.74) is 1.03. The van der Waals surface area contributed by atoms with Crippen LogP contribution >= 0.6 is 0 Å². The SMILES string of the molecule is COC(=O)c1cnc(N2CC(Cc3cnn(C)c3)C2)c([N+](=O)[O-])c1. The van der Waals surface area contributed by atoms with Crippen molar-refractivity contribution in [3.63, 3.8) is 0 Å². The Labute approximate surface area is 138 Å². The number of carbonyl (C=O) groups is 1. The zero-order chi connectivity index (χ0) is 17.3. The standard InChI is InChI=1S/C15H17N5O4/c1-18-7-10(5-17-18)3-11-8-19(9-11)14-13(20(22)23)4-12(6-16-14)15(21)24-2/h4-7,11H,3,8-9H2,1-2H3. The monoisotopic (exact) mass is 331 g/mol. The van der Waals surface area contributed by atoms with Gasteiger partial charge in [-0.05, 0) is 17.9 Å². The smallest absolute Gasteiger partial charge is 0.339 e. The summed E-state index contributed by atoms with van der Waals surface area (Å²) >= 11 is 0. The number of nitrogens with zero attached hydrogens (tertiary/aromatic N) is 5. The number of rotatable bonds is 5. The van der Waals surface area contributed by atoms with Gasteiger partial charge < -0.3 is 9.64 Å². The predicted molar refractivity (Wildman–Crippen MR) is 84.8 cm³/mol. The summed E-state index contributed by atoms with van der Waals surface area (Å²) in [6.07, 6.45) is 5.98. The number of methoxy groups -OCH3 is 1. The number of aromatic nitrogens is 3. The number of esters is 1. The van der Waals surface area contributed by atoms with Crippen molar-refractivity contribution < 1.29 is 14.5 Å². The maximum atomic E-state index is 11.5. The van der Waals surface area contributed by atoms with Gasteiger partial charge in [-0.25, -0.2) is 9.78 Å². The topological polar surface area (TPSA) is 103 Å². The van der Waals surface area contributed by atoms with Crippen LogP contribution in [-0.4, -0.2) is 45.9 Å². The first-order valence-electron chi connectivity index (χ1n) is 7.43. The highest BCUT2D eigenvalue weighted by atomic mass is 16.6. The van der Waals surface area contributed by atoms with E-state index in [4.69, 9.17) is 0 Å². The van der Waals surface area contributed by atoms with Crippen molar-refractivity contribution in [3.05, 3.63) is 45.9 Å². The van der Waals surface area contributed by atoms with E-state index in [1.807, 2.05) is 24.3 Å². The molecule has 0 amide bonds. The molecule has 0 atom stereocenters. The number of aryl methyl sites for hydroxylation is 1. The zero-order valence-electron chi connectivity index (χ0n) is 13.4. The van der Waals surface area contributed by atoms with Gasteiger partial charge in [0.1, 0.15) is 0 Å². The molecule has 3 heterocycles. The molecule has 0 spiro atoms. The summed E-state index contributed by atoms with van der Waals surface area (Å²) in [5.74, 6) is 0.0428. The third kappa shape index (κ3) is 3.05. The molecule has 1 aliphatic heterocycles. The number of hydrogen-bond acceptors (Lipinski definition) is 7. The number of nitro groups is 1. The Morgan fingerprint density at radius 2 is 2.21 bits per heavy atom. The lowest BCUT2D eigenvalue weighted by molar-refractivity contribution is -0.384. The first kappa shape index (κ1) is 15.9. The Hall–Kier alpha value is -2.97. The molecule has 9 nitrogen and oxygen atoms in total. The summed E-state index contributed by atoms with van der Waals surface area (Å²) in [6.45, 7) is 1.36. The van der Waals surface area contributed by atoms with Gasteiger partial charge in [-0.2, -0.15) is 5.10 Å². The summed E-state index contributed by atoms with van der Waals surface area (Å²) in [5, 5.41) is 15.4. The van der Waals surface area contributed by atoms with E-state index in [0.717, 1.165) is 12.0 Å². The summed E-state index contributed by atoms with van der Waals surface area (Å²) in [6, 6.07) is 1.21. The lowest BCUT2D eigenvalue weighted by Crippen LogP contribution is -2.48. The lowest BCUT2D eigenvalue weighted by Gasteiger charge is -2.39. The van der Waals surface area contributed by atoms with Crippen LogP contribution in [-0.2, 0) is 18.2 Å². The molecule has 24 heavy (non-hydrogen) atoms. The highest BCUT2D eigenvalue weighted by Gasteiger charge is 2.33. The van der Waals surface area contributed by atoms with Gasteiger partial charge in [0.15, 0.2) is 0 Å². The third-order valence-corrected chi connectivity index (χ3v) is 4.00. The van der Waals surface area contributed by atoms with E-state index in [2.05, 4.69) is 14.8 Å². The normalized spacial score (nSPS) is 14.3. The lowest BCUT2D eigenvalue weighted by atomic mass is 9.93. The molecule has 3 rings (SSSR count). The predicted octanol–water partition coefficient (Wildman–Crippen LogP) is 1.19. The average molecular weight is 331 g/mol. The van der Waals surface area contributed by atoms with Crippen LogP contribution in [0.2, 0.25) is 0 Å². The molecule has 9 heteroatoms. The fraction of sp³-hybridized carbons (Fsp3) is 0.400. The number of anilines is 1. The molecule has 126 valence electrons. The number of hydrogen-bond donors (Lipinski definition) is 0. The van der Waals surface area contributed by atoms with E-state index in [-0.39, 0.29) is 17.1 Å². The number of ether oxygens (including phenoxy) is 1. The quantitative estimate of drug-likeness (QED) is 0.460. The fourth-order valence-electron chi connectivity index (χ4n) is 2.84. The van der Waals surface area contributed by atoms with E-state index in [1.165, 1.54) is 19.4 Å². The van der Waals surface area contributed by atoms with Crippen LogP contribution < -0.4 is 4.90 Å². The van der Waals surface area contributed by atoms with Crippen LogP contribution in [0, 0.1) is 16.0 Å². The molecule has 0 bridgehead atoms. The van der Waals surface area contributed by atoms with E-state index in [1.54, 1.807) is 4.68 Å². The molecule has 2 aromatic rings. The van der Waals surface area contributed by atoms with Crippen molar-refractivity contribution in [2.45, 2.75) is 6.42 Å². The molecular formula is C15H17N5O4. The van der Waals surface area contributed by atoms with Gasteiger partial charge in [-0.3, -0.25) is 14.8 Å². The largest absolute Gasteiger partial charge is 0.465 e. The number of pyridine rings is 1. The molecule has 0 radical (unpaired) electrons. The first-order valence-corrected chi connectivity index (χ1v) is 7.43. The Balaban J connectivity index is 1.71. The molecule has 0 saturated carbocycles. The van der Waals surface area contributed by atoms with Crippen LogP contribution in [0.3, 0.4) is 0 Å². The van der Waals surface area contributed by atoms with E-state index in [9.17, 15) is 14.9 Å². The van der Waals surface area contributed by atoms with Crippen molar-refractivity contribution in [2.24, 2.45) is 13.0 Å². The van der Waals surface area contributed by atoms with Gasteiger partial charge in [-0.1, -0.05) is 0 Å². The molecule has 0 aromatic carbocycles. The average Bonchev–Trinajstić information content (AvgIpc) is 2.94. The van der Waals surface area contributed by atoms with Gasteiger partial charge in [0.25, 0.3) is 0 Å². The van der Waals surface area contributed by atoms with Crippen LogP contribution in [0.4, 0.5) is 11.5 Å². The fourth-order valence-corrected chi connectivity index (χ4v) is 2.84. The van der Waals surface area contributed by atoms with Gasteiger partial charge in [0.05, 0.1) is 23.8 Å². The molecule has 1 fully saturated rings. The second kappa shape index (κ2) is 6.26. The zero-order valence-corrected chi connectivity index (χ0v) is 13.4. The van der Waals surface area contributed by atoms with Crippen LogP contribution in [0.5, 0.6) is 0 Å². The minimum Gasteiger partial charge on any atom is -0.465 e. The van der Waals surface area contributed by atoms with Crippen molar-refractivity contribution >= 4 is 17.5 Å². The van der Waals surface area contributed by atoms with Gasteiger partial charge in [-0.15, -0.1) is 0 Å². The summed E-state index contributed by atoms with van der Waals surface area (Å²) < 4.78 is 6.33. The van der Waals surface area contributed by atoms with Crippen molar-refractivity contribution in [2.75, 3.05) is 25.1 Å². The van der Waals surface area contributed by atoms with E-state index < -0.39 is 10.9 Å². The molecule has 2 aromatic heterocycles. The Kier molecular flexibility index (Phi) is 4.15. The van der Waals surface area contributed by atoms with Crippen molar-refractivity contribution in [3.8, 4) is 0 Å². The minimum absolute atomic E-state index is 0.0698. The summed E-state index contributed by atoms with van der Waals surface area (Å²) in [7, 11) is 3.09. The third-order valence-electron chi connectivity index (χ3n) is 4.00. The van der Waals surface area contributed by atoms with Crippen LogP contribution in [0.25, 0.3) is 0 Å². The first-order chi connectivity index (χ1) is 11.5. The van der Waals surface area contributed by atoms with Crippen LogP contribution in [0.1, 0.15) is 15.9 Å². The van der Waals surface area contributed by atoms with Gasteiger partial charge in [0, 0.05) is 38.6 Å². The molecular weight excluding hydrogens is 314 g/mol. The second-order valence-electron chi connectivity index (χ2n) is 5.81. The van der Waals surface area contributed by atoms with E-state index >= 15 is 0 Å². The van der Waals surface area contributed by atoms with Gasteiger partial charge in [0.2, 0.25) is 5.82 Å². The highest BCUT2D eigenvalue weighted by molar-refractivity contribution is 5.90. The maximum Gasteiger partial charge on any atom is 0.339 e. The molecule has 1 aliphatic rings. The van der Waals surface area contributed by atoms with E-state index in [0.29, 0.717) is 19.0 Å². The van der Waals surface area contributed by atoms with Crippen molar-refractivity contribution in [1.82, 2.24) is 14.8 Å². The number of carbonyl (C=O) groups excluding carboxylic acids is 1. The highest BCUT2D eigenvalue weighted by Crippen LogP contribution is 2.32. The molecule has 1 saturated heterocycles. The minimum atomic E-state index is -0.643. The molecule has 0 aliphatic carbocycles. The summed E-state index contributed by atoms with van der Waals surface area (Å²) in [4.78, 5) is 28.2. The second-order valence-corrected chi connectivity index (χ2v) is 5.81. The molecule has 0 N–H and O–H groups in total. The Morgan fingerprint density at radius 1 is 1.46 bits per heavy atom. The Bertz CT molecular complexity index is 782. The van der Waals surface area contributed by atoms with Crippen molar-refractivity contribution in [1.29, 1.82) is 0 Å². The van der Waals surface area contributed by atoms with Crippen LogP contribution in [0.15, 0.2) is 24.7 Å². The molecule has 0 unspecified atom stereocenters. The van der Waals surface area contributed by atoms with Gasteiger partial charge >= 0.3 is 11.7 Å². The maximum absolute atomic E-state index is 11.5.